The number of methoxy groups -OCH3 is 1. The Hall–Kier alpha value is -3.06. The van der Waals surface area contributed by atoms with Crippen molar-refractivity contribution in [3.63, 3.8) is 0 Å². The summed E-state index contributed by atoms with van der Waals surface area (Å²) in [6, 6.07) is 17.5. The van der Waals surface area contributed by atoms with Gasteiger partial charge in [-0.2, -0.15) is 5.26 Å². The lowest BCUT2D eigenvalue weighted by Gasteiger charge is -2.04. The zero-order valence-electron chi connectivity index (χ0n) is 11.4. The molecule has 21 heavy (non-hydrogen) atoms. The number of carbonyl (C=O) groups excluding carboxylic acids is 1. The van der Waals surface area contributed by atoms with Gasteiger partial charge in [0.2, 0.25) is 0 Å². The van der Waals surface area contributed by atoms with Gasteiger partial charge in [-0.1, -0.05) is 30.3 Å². The molecule has 104 valence electrons. The van der Waals surface area contributed by atoms with Crippen LogP contribution in [-0.4, -0.2) is 13.1 Å². The zero-order valence-corrected chi connectivity index (χ0v) is 11.4. The highest BCUT2D eigenvalue weighted by Gasteiger charge is 2.12. The molecule has 4 heteroatoms. The summed E-state index contributed by atoms with van der Waals surface area (Å²) in [7, 11) is 1.55. The van der Waals surface area contributed by atoms with E-state index in [4.69, 9.17) is 14.7 Å². The van der Waals surface area contributed by atoms with Gasteiger partial charge in [-0.25, -0.2) is 4.79 Å². The van der Waals surface area contributed by atoms with Crippen LogP contribution < -0.4 is 9.47 Å². The lowest BCUT2D eigenvalue weighted by molar-refractivity contribution is -0.129. The summed E-state index contributed by atoms with van der Waals surface area (Å²) >= 11 is 0. The first-order chi connectivity index (χ1) is 10.2. The van der Waals surface area contributed by atoms with Crippen molar-refractivity contribution in [2.24, 2.45) is 0 Å². The maximum Gasteiger partial charge on any atom is 0.354 e. The van der Waals surface area contributed by atoms with Crippen LogP contribution in [0.5, 0.6) is 11.5 Å². The van der Waals surface area contributed by atoms with Crippen LogP contribution in [0, 0.1) is 11.3 Å². The molecule has 2 aromatic rings. The molecule has 2 rings (SSSR count). The van der Waals surface area contributed by atoms with Crippen molar-refractivity contribution in [3.05, 3.63) is 65.7 Å². The van der Waals surface area contributed by atoms with Gasteiger partial charge in [0.05, 0.1) is 7.11 Å². The molecule has 2 aromatic carbocycles. The molecule has 0 fully saturated rings. The molecule has 0 aromatic heterocycles. The van der Waals surface area contributed by atoms with E-state index in [-0.39, 0.29) is 5.57 Å². The minimum Gasteiger partial charge on any atom is -0.497 e. The van der Waals surface area contributed by atoms with Crippen LogP contribution >= 0.6 is 0 Å². The fraction of sp³-hybridized carbons (Fsp3) is 0.0588. The first-order valence-electron chi connectivity index (χ1n) is 6.26. The standard InChI is InChI=1S/C17H13NO3/c1-20-15-7-9-16(10-8-15)21-17(19)14(12-18)11-13-5-3-2-4-6-13/h2-11H,1H3/b14-11+. The van der Waals surface area contributed by atoms with E-state index >= 15 is 0 Å². The van der Waals surface area contributed by atoms with Crippen molar-refractivity contribution in [1.29, 1.82) is 5.26 Å². The molecule has 0 aliphatic rings. The van der Waals surface area contributed by atoms with E-state index in [2.05, 4.69) is 0 Å². The van der Waals surface area contributed by atoms with Gasteiger partial charge in [-0.15, -0.1) is 0 Å². The van der Waals surface area contributed by atoms with E-state index in [0.29, 0.717) is 11.5 Å². The second kappa shape index (κ2) is 6.92. The van der Waals surface area contributed by atoms with Crippen LogP contribution in [0.1, 0.15) is 5.56 Å². The Balaban J connectivity index is 2.13. The topological polar surface area (TPSA) is 59.3 Å². The maximum absolute atomic E-state index is 12.0. The molecule has 0 saturated carbocycles. The quantitative estimate of drug-likeness (QED) is 0.373. The average molecular weight is 279 g/mol. The first-order valence-corrected chi connectivity index (χ1v) is 6.26. The van der Waals surface area contributed by atoms with Crippen LogP contribution in [-0.2, 0) is 4.79 Å². The minimum absolute atomic E-state index is 0.0583. The normalized spacial score (nSPS) is 10.6. The molecule has 0 radical (unpaired) electrons. The highest BCUT2D eigenvalue weighted by Crippen LogP contribution is 2.18. The third-order valence-electron chi connectivity index (χ3n) is 2.72. The smallest absolute Gasteiger partial charge is 0.354 e. The van der Waals surface area contributed by atoms with Crippen molar-refractivity contribution in [3.8, 4) is 17.6 Å². The number of hydrogen-bond donors (Lipinski definition) is 0. The summed E-state index contributed by atoms with van der Waals surface area (Å²) < 4.78 is 10.2. The molecule has 0 bridgehead atoms. The summed E-state index contributed by atoms with van der Waals surface area (Å²) in [6.45, 7) is 0. The number of carbonyl (C=O) groups is 1. The Morgan fingerprint density at radius 1 is 1.05 bits per heavy atom. The molecule has 0 amide bonds. The molecule has 0 spiro atoms. The van der Waals surface area contributed by atoms with Crippen molar-refractivity contribution in [2.75, 3.05) is 7.11 Å². The van der Waals surface area contributed by atoms with Crippen LogP contribution in [0.4, 0.5) is 0 Å². The Kier molecular flexibility index (Phi) is 4.73. The van der Waals surface area contributed by atoms with Gasteiger partial charge >= 0.3 is 5.97 Å². The van der Waals surface area contributed by atoms with Crippen LogP contribution in [0.15, 0.2) is 60.2 Å². The number of ether oxygens (including phenoxy) is 2. The molecule has 0 unspecified atom stereocenters. The minimum atomic E-state index is -0.688. The van der Waals surface area contributed by atoms with Crippen LogP contribution in [0.3, 0.4) is 0 Å². The lowest BCUT2D eigenvalue weighted by atomic mass is 10.1. The molecule has 0 heterocycles. The number of rotatable bonds is 4. The van der Waals surface area contributed by atoms with E-state index in [1.54, 1.807) is 43.5 Å². The van der Waals surface area contributed by atoms with E-state index in [1.165, 1.54) is 6.08 Å². The summed E-state index contributed by atoms with van der Waals surface area (Å²) in [5, 5.41) is 9.08. The second-order valence-corrected chi connectivity index (χ2v) is 4.15. The molecular weight excluding hydrogens is 266 g/mol. The zero-order chi connectivity index (χ0) is 15.1. The molecule has 0 atom stereocenters. The predicted octanol–water partition coefficient (Wildman–Crippen LogP) is 3.21. The van der Waals surface area contributed by atoms with Crippen LogP contribution in [0.25, 0.3) is 6.08 Å². The fourth-order valence-corrected chi connectivity index (χ4v) is 1.66. The fourth-order valence-electron chi connectivity index (χ4n) is 1.66. The molecule has 0 aliphatic heterocycles. The summed E-state index contributed by atoms with van der Waals surface area (Å²) in [5.41, 5.74) is 0.706. The van der Waals surface area contributed by atoms with Gasteiger partial charge < -0.3 is 9.47 Å². The third-order valence-corrected chi connectivity index (χ3v) is 2.72. The number of hydrogen-bond acceptors (Lipinski definition) is 4. The molecular formula is C17H13NO3. The molecule has 0 aliphatic carbocycles. The monoisotopic (exact) mass is 279 g/mol. The largest absolute Gasteiger partial charge is 0.497 e. The van der Waals surface area contributed by atoms with Gasteiger partial charge in [0, 0.05) is 0 Å². The van der Waals surface area contributed by atoms with Crippen molar-refractivity contribution < 1.29 is 14.3 Å². The van der Waals surface area contributed by atoms with E-state index in [0.717, 1.165) is 5.56 Å². The molecule has 4 nitrogen and oxygen atoms in total. The van der Waals surface area contributed by atoms with E-state index in [1.807, 2.05) is 24.3 Å². The van der Waals surface area contributed by atoms with Gasteiger partial charge in [0.15, 0.2) is 0 Å². The highest BCUT2D eigenvalue weighted by atomic mass is 16.5. The summed E-state index contributed by atoms with van der Waals surface area (Å²) in [6.07, 6.45) is 1.49. The Morgan fingerprint density at radius 3 is 2.24 bits per heavy atom. The number of nitriles is 1. The number of nitrogens with zero attached hydrogens (tertiary/aromatic N) is 1. The van der Waals surface area contributed by atoms with Crippen LogP contribution in [0.2, 0.25) is 0 Å². The van der Waals surface area contributed by atoms with Gasteiger partial charge in [0.1, 0.15) is 23.1 Å². The Labute approximate surface area is 122 Å². The number of esters is 1. The maximum atomic E-state index is 12.0. The average Bonchev–Trinajstić information content (AvgIpc) is 2.54. The predicted molar refractivity (Wildman–Crippen MR) is 78.7 cm³/mol. The van der Waals surface area contributed by atoms with Crippen molar-refractivity contribution in [1.82, 2.24) is 0 Å². The van der Waals surface area contributed by atoms with E-state index < -0.39 is 5.97 Å². The third kappa shape index (κ3) is 3.95. The Bertz CT molecular complexity index is 682. The summed E-state index contributed by atoms with van der Waals surface area (Å²) in [5.74, 6) is 0.330. The first kappa shape index (κ1) is 14.4. The molecule has 0 N–H and O–H groups in total. The van der Waals surface area contributed by atoms with Crippen molar-refractivity contribution >= 4 is 12.0 Å². The second-order valence-electron chi connectivity index (χ2n) is 4.15. The lowest BCUT2D eigenvalue weighted by Crippen LogP contribution is -2.10. The van der Waals surface area contributed by atoms with Gasteiger partial charge in [-0.05, 0) is 35.9 Å². The van der Waals surface area contributed by atoms with Gasteiger partial charge in [0.25, 0.3) is 0 Å². The van der Waals surface area contributed by atoms with Crippen molar-refractivity contribution in [2.45, 2.75) is 0 Å². The number of benzene rings is 2. The van der Waals surface area contributed by atoms with Gasteiger partial charge in [-0.3, -0.25) is 0 Å². The van der Waals surface area contributed by atoms with E-state index in [9.17, 15) is 4.79 Å². The Morgan fingerprint density at radius 2 is 1.67 bits per heavy atom. The summed E-state index contributed by atoms with van der Waals surface area (Å²) in [4.78, 5) is 12.0. The SMILES string of the molecule is COc1ccc(OC(=O)/C(C#N)=C/c2ccccc2)cc1. The highest BCUT2D eigenvalue weighted by molar-refractivity contribution is 5.99. The molecule has 0 saturated heterocycles.